The fourth-order valence-corrected chi connectivity index (χ4v) is 1.96. The molecule has 0 aliphatic heterocycles. The van der Waals surface area contributed by atoms with Crippen molar-refractivity contribution >= 4 is 0 Å². The number of rotatable bonds is 5. The lowest BCUT2D eigenvalue weighted by Gasteiger charge is -2.33. The molecule has 104 valence electrons. The summed E-state index contributed by atoms with van der Waals surface area (Å²) in [6.07, 6.45) is -4.07. The Morgan fingerprint density at radius 3 is 2.39 bits per heavy atom. The van der Waals surface area contributed by atoms with Crippen LogP contribution < -0.4 is 5.73 Å². The van der Waals surface area contributed by atoms with Gasteiger partial charge in [-0.2, -0.15) is 13.2 Å². The number of likely N-dealkylation sites (N-methyl/N-ethyl adjacent to an activating group) is 1. The lowest BCUT2D eigenvalue weighted by molar-refractivity contribution is -0.187. The number of alkyl halides is 3. The molecule has 18 heavy (non-hydrogen) atoms. The first-order valence-corrected chi connectivity index (χ1v) is 5.83. The molecular weight excluding hydrogens is 245 g/mol. The standard InChI is InChI=1S/C12H19F3N2O/c1-4-10(16)11(12(13,14)15)17(3)7-9-6-5-8(2)18-9/h5-6,10-11H,4,7,16H2,1-3H3. The Balaban J connectivity index is 2.79. The summed E-state index contributed by atoms with van der Waals surface area (Å²) in [5.74, 6) is 1.19. The third kappa shape index (κ3) is 3.74. The van der Waals surface area contributed by atoms with Crippen molar-refractivity contribution in [2.45, 2.75) is 45.1 Å². The first kappa shape index (κ1) is 15.0. The summed E-state index contributed by atoms with van der Waals surface area (Å²) in [5, 5.41) is 0. The van der Waals surface area contributed by atoms with E-state index in [1.165, 1.54) is 11.9 Å². The highest BCUT2D eigenvalue weighted by molar-refractivity contribution is 5.06. The third-order valence-corrected chi connectivity index (χ3v) is 2.89. The van der Waals surface area contributed by atoms with Crippen molar-refractivity contribution < 1.29 is 17.6 Å². The van der Waals surface area contributed by atoms with Crippen LogP contribution in [0.1, 0.15) is 24.9 Å². The van der Waals surface area contributed by atoms with E-state index in [2.05, 4.69) is 0 Å². The van der Waals surface area contributed by atoms with Crippen LogP contribution in [0.3, 0.4) is 0 Å². The summed E-state index contributed by atoms with van der Waals surface area (Å²) >= 11 is 0. The van der Waals surface area contributed by atoms with Crippen LogP contribution in [0.5, 0.6) is 0 Å². The quantitative estimate of drug-likeness (QED) is 0.889. The largest absolute Gasteiger partial charge is 0.465 e. The molecule has 1 rings (SSSR count). The topological polar surface area (TPSA) is 42.4 Å². The Morgan fingerprint density at radius 2 is 2.00 bits per heavy atom. The molecule has 0 saturated heterocycles. The van der Waals surface area contributed by atoms with Gasteiger partial charge in [-0.3, -0.25) is 4.90 Å². The van der Waals surface area contributed by atoms with Gasteiger partial charge < -0.3 is 10.2 Å². The van der Waals surface area contributed by atoms with Gasteiger partial charge in [-0.1, -0.05) is 6.92 Å². The van der Waals surface area contributed by atoms with Gasteiger partial charge in [0.25, 0.3) is 0 Å². The van der Waals surface area contributed by atoms with Crippen LogP contribution in [0.4, 0.5) is 13.2 Å². The van der Waals surface area contributed by atoms with Crippen LogP contribution in [0.25, 0.3) is 0 Å². The molecule has 0 spiro atoms. The minimum atomic E-state index is -4.34. The second-order valence-electron chi connectivity index (χ2n) is 4.49. The lowest BCUT2D eigenvalue weighted by Crippen LogP contribution is -2.54. The van der Waals surface area contributed by atoms with Gasteiger partial charge >= 0.3 is 6.18 Å². The van der Waals surface area contributed by atoms with Crippen LogP contribution in [0.2, 0.25) is 0 Å². The van der Waals surface area contributed by atoms with E-state index in [1.54, 1.807) is 26.0 Å². The number of nitrogens with two attached hydrogens (primary N) is 1. The summed E-state index contributed by atoms with van der Waals surface area (Å²) in [6.45, 7) is 3.49. The highest BCUT2D eigenvalue weighted by Crippen LogP contribution is 2.28. The minimum Gasteiger partial charge on any atom is -0.465 e. The van der Waals surface area contributed by atoms with Gasteiger partial charge in [0.05, 0.1) is 6.54 Å². The number of hydrogen-bond donors (Lipinski definition) is 1. The molecule has 2 atom stereocenters. The molecule has 0 saturated carbocycles. The highest BCUT2D eigenvalue weighted by Gasteiger charge is 2.45. The third-order valence-electron chi connectivity index (χ3n) is 2.89. The lowest BCUT2D eigenvalue weighted by atomic mass is 10.0. The maximum absolute atomic E-state index is 13.0. The minimum absolute atomic E-state index is 0.0890. The highest BCUT2D eigenvalue weighted by atomic mass is 19.4. The first-order valence-electron chi connectivity index (χ1n) is 5.83. The molecule has 0 aliphatic carbocycles. The van der Waals surface area contributed by atoms with Gasteiger partial charge in [0.1, 0.15) is 17.6 Å². The molecule has 0 bridgehead atoms. The fraction of sp³-hybridized carbons (Fsp3) is 0.667. The van der Waals surface area contributed by atoms with Crippen molar-refractivity contribution in [1.82, 2.24) is 4.90 Å². The van der Waals surface area contributed by atoms with Crippen molar-refractivity contribution in [2.24, 2.45) is 5.73 Å². The van der Waals surface area contributed by atoms with Crippen LogP contribution in [0.15, 0.2) is 16.5 Å². The second kappa shape index (κ2) is 5.75. The van der Waals surface area contributed by atoms with Crippen molar-refractivity contribution in [1.29, 1.82) is 0 Å². The Hall–Kier alpha value is -1.01. The Bertz CT molecular complexity index is 376. The number of halogens is 3. The van der Waals surface area contributed by atoms with Crippen LogP contribution in [0, 0.1) is 6.92 Å². The van der Waals surface area contributed by atoms with Crippen LogP contribution in [-0.4, -0.2) is 30.2 Å². The average molecular weight is 264 g/mol. The Kier molecular flexibility index (Phi) is 4.81. The molecule has 1 aromatic heterocycles. The van der Waals surface area contributed by atoms with Crippen LogP contribution in [-0.2, 0) is 6.54 Å². The van der Waals surface area contributed by atoms with Gasteiger partial charge in [0.15, 0.2) is 0 Å². The van der Waals surface area contributed by atoms with Gasteiger partial charge in [0.2, 0.25) is 0 Å². The van der Waals surface area contributed by atoms with E-state index >= 15 is 0 Å². The van der Waals surface area contributed by atoms with Crippen molar-refractivity contribution in [2.75, 3.05) is 7.05 Å². The number of nitrogens with zero attached hydrogens (tertiary/aromatic N) is 1. The summed E-state index contributed by atoms with van der Waals surface area (Å²) in [7, 11) is 1.41. The van der Waals surface area contributed by atoms with Crippen LogP contribution >= 0.6 is 0 Å². The molecule has 3 nitrogen and oxygen atoms in total. The zero-order valence-corrected chi connectivity index (χ0v) is 10.8. The predicted molar refractivity (Wildman–Crippen MR) is 63.0 cm³/mol. The molecule has 6 heteroatoms. The molecule has 0 amide bonds. The van der Waals surface area contributed by atoms with E-state index in [9.17, 15) is 13.2 Å². The molecule has 0 aliphatic rings. The van der Waals surface area contributed by atoms with Gasteiger partial charge in [-0.05, 0) is 32.5 Å². The maximum Gasteiger partial charge on any atom is 0.405 e. The summed E-state index contributed by atoms with van der Waals surface area (Å²) < 4.78 is 44.2. The molecule has 2 unspecified atom stereocenters. The normalized spacial score (nSPS) is 16.0. The predicted octanol–water partition coefficient (Wildman–Crippen LogP) is 2.69. The first-order chi connectivity index (χ1) is 8.25. The number of furan rings is 1. The zero-order chi connectivity index (χ0) is 13.9. The Morgan fingerprint density at radius 1 is 1.39 bits per heavy atom. The van der Waals surface area contributed by atoms with E-state index in [-0.39, 0.29) is 13.0 Å². The molecule has 0 fully saturated rings. The SMILES string of the molecule is CCC(N)C(N(C)Cc1ccc(C)o1)C(F)(F)F. The second-order valence-corrected chi connectivity index (χ2v) is 4.49. The van der Waals surface area contributed by atoms with E-state index < -0.39 is 18.3 Å². The van der Waals surface area contributed by atoms with Gasteiger partial charge in [-0.25, -0.2) is 0 Å². The monoisotopic (exact) mass is 264 g/mol. The average Bonchev–Trinajstić information content (AvgIpc) is 2.61. The van der Waals surface area contributed by atoms with E-state index in [0.717, 1.165) is 0 Å². The van der Waals surface area contributed by atoms with E-state index in [0.29, 0.717) is 11.5 Å². The molecule has 1 aromatic rings. The van der Waals surface area contributed by atoms with Crippen molar-refractivity contribution in [3.63, 3.8) is 0 Å². The number of aryl methyl sites for hydroxylation is 1. The summed E-state index contributed by atoms with van der Waals surface area (Å²) in [5.41, 5.74) is 5.57. The zero-order valence-electron chi connectivity index (χ0n) is 10.8. The molecular formula is C12H19F3N2O. The maximum atomic E-state index is 13.0. The van der Waals surface area contributed by atoms with Crippen molar-refractivity contribution in [3.05, 3.63) is 23.7 Å². The van der Waals surface area contributed by atoms with Crippen molar-refractivity contribution in [3.8, 4) is 0 Å². The fourth-order valence-electron chi connectivity index (χ4n) is 1.96. The summed E-state index contributed by atoms with van der Waals surface area (Å²) in [4.78, 5) is 1.19. The van der Waals surface area contributed by atoms with Gasteiger partial charge in [-0.15, -0.1) is 0 Å². The molecule has 0 radical (unpaired) electrons. The molecule has 1 heterocycles. The Labute approximate surface area is 105 Å². The van der Waals surface area contributed by atoms with Gasteiger partial charge in [0, 0.05) is 6.04 Å². The smallest absolute Gasteiger partial charge is 0.405 e. The summed E-state index contributed by atoms with van der Waals surface area (Å²) in [6, 6.07) is 0.807. The molecule has 2 N–H and O–H groups in total. The van der Waals surface area contributed by atoms with E-state index in [4.69, 9.17) is 10.2 Å². The molecule has 0 aromatic carbocycles. The van der Waals surface area contributed by atoms with E-state index in [1.807, 2.05) is 0 Å². The number of hydrogen-bond acceptors (Lipinski definition) is 3.